The third-order valence-electron chi connectivity index (χ3n) is 5.60. The van der Waals surface area contributed by atoms with E-state index >= 15 is 0 Å². The van der Waals surface area contributed by atoms with Crippen molar-refractivity contribution in [1.29, 1.82) is 0 Å². The maximum atomic E-state index is 13.4. The molecule has 0 saturated carbocycles. The van der Waals surface area contributed by atoms with E-state index in [4.69, 9.17) is 0 Å². The fraction of sp³-hybridized carbons (Fsp3) is 0.682. The second-order valence-corrected chi connectivity index (χ2v) is 10.4. The molecule has 6 heteroatoms. The van der Waals surface area contributed by atoms with E-state index in [0.29, 0.717) is 23.3 Å². The van der Waals surface area contributed by atoms with Crippen LogP contribution in [0.4, 0.5) is 0 Å². The molecule has 2 rings (SSSR count). The summed E-state index contributed by atoms with van der Waals surface area (Å²) in [6, 6.07) is 4.11. The molecular formula is C22H37N3O2S. The van der Waals surface area contributed by atoms with Gasteiger partial charge in [-0.25, -0.2) is 4.83 Å². The van der Waals surface area contributed by atoms with Crippen LogP contribution >= 0.6 is 0 Å². The molecule has 1 heterocycles. The van der Waals surface area contributed by atoms with Gasteiger partial charge in [0.2, 0.25) is 0 Å². The van der Waals surface area contributed by atoms with Crippen molar-refractivity contribution in [2.45, 2.75) is 84.0 Å². The Morgan fingerprint density at radius 3 is 2.11 bits per heavy atom. The molecule has 1 saturated heterocycles. The van der Waals surface area contributed by atoms with Crippen LogP contribution in [0.15, 0.2) is 22.1 Å². The van der Waals surface area contributed by atoms with Crippen LogP contribution in [0, 0.1) is 5.92 Å². The number of piperidine rings is 1. The van der Waals surface area contributed by atoms with Crippen LogP contribution in [0.25, 0.3) is 0 Å². The maximum absolute atomic E-state index is 13.4. The lowest BCUT2D eigenvalue weighted by atomic mass is 9.89. The van der Waals surface area contributed by atoms with Crippen molar-refractivity contribution in [3.8, 4) is 0 Å². The van der Waals surface area contributed by atoms with Gasteiger partial charge in [0, 0.05) is 12.5 Å². The minimum atomic E-state index is -3.75. The summed E-state index contributed by atoms with van der Waals surface area (Å²) < 4.78 is 26.7. The van der Waals surface area contributed by atoms with Crippen LogP contribution in [-0.2, 0) is 10.0 Å². The molecule has 5 nitrogen and oxygen atoms in total. The summed E-state index contributed by atoms with van der Waals surface area (Å²) in [6.07, 6.45) is 1.97. The SMILES string of the molecule is CCC1CCNC/C1=N\NS(=O)(=O)c1c(C(C)C)cc(C(C)C)cc1C(C)C. The highest BCUT2D eigenvalue weighted by molar-refractivity contribution is 7.89. The van der Waals surface area contributed by atoms with Crippen LogP contribution in [0.5, 0.6) is 0 Å². The normalized spacial score (nSPS) is 19.8. The monoisotopic (exact) mass is 407 g/mol. The van der Waals surface area contributed by atoms with Gasteiger partial charge in [-0.1, -0.05) is 60.6 Å². The number of nitrogens with one attached hydrogen (secondary N) is 2. The second kappa shape index (κ2) is 9.40. The molecule has 0 amide bonds. The van der Waals surface area contributed by atoms with Gasteiger partial charge in [-0.2, -0.15) is 13.5 Å². The highest BCUT2D eigenvalue weighted by Gasteiger charge is 2.27. The first-order valence-electron chi connectivity index (χ1n) is 10.5. The van der Waals surface area contributed by atoms with Crippen molar-refractivity contribution in [3.05, 3.63) is 28.8 Å². The molecule has 158 valence electrons. The summed E-state index contributed by atoms with van der Waals surface area (Å²) in [7, 11) is -3.75. The van der Waals surface area contributed by atoms with Crippen molar-refractivity contribution in [2.75, 3.05) is 13.1 Å². The number of sulfonamides is 1. The van der Waals surface area contributed by atoms with Gasteiger partial charge in [-0.05, 0) is 53.8 Å². The highest BCUT2D eigenvalue weighted by atomic mass is 32.2. The van der Waals surface area contributed by atoms with Gasteiger partial charge in [0.15, 0.2) is 0 Å². The highest BCUT2D eigenvalue weighted by Crippen LogP contribution is 2.35. The largest absolute Gasteiger partial charge is 0.311 e. The Labute approximate surface area is 171 Å². The van der Waals surface area contributed by atoms with Crippen molar-refractivity contribution >= 4 is 15.7 Å². The molecule has 1 aliphatic heterocycles. The van der Waals surface area contributed by atoms with Crippen LogP contribution in [-0.4, -0.2) is 27.2 Å². The van der Waals surface area contributed by atoms with Gasteiger partial charge in [-0.15, -0.1) is 0 Å². The third kappa shape index (κ3) is 5.15. The first kappa shape index (κ1) is 22.9. The van der Waals surface area contributed by atoms with Gasteiger partial charge >= 0.3 is 0 Å². The average Bonchev–Trinajstić information content (AvgIpc) is 2.65. The van der Waals surface area contributed by atoms with Crippen molar-refractivity contribution in [2.24, 2.45) is 11.0 Å². The Morgan fingerprint density at radius 1 is 1.07 bits per heavy atom. The molecule has 0 radical (unpaired) electrons. The topological polar surface area (TPSA) is 70.6 Å². The van der Waals surface area contributed by atoms with E-state index in [2.05, 4.69) is 48.2 Å². The first-order chi connectivity index (χ1) is 13.1. The average molecular weight is 408 g/mol. The fourth-order valence-electron chi connectivity index (χ4n) is 3.74. The summed E-state index contributed by atoms with van der Waals surface area (Å²) >= 11 is 0. The van der Waals surface area contributed by atoms with Crippen molar-refractivity contribution in [3.63, 3.8) is 0 Å². The molecule has 0 aliphatic carbocycles. The second-order valence-electron chi connectivity index (χ2n) is 8.76. The molecule has 0 aromatic heterocycles. The number of benzene rings is 1. The van der Waals surface area contributed by atoms with Gasteiger partial charge in [0.25, 0.3) is 10.0 Å². The van der Waals surface area contributed by atoms with E-state index in [1.165, 1.54) is 5.56 Å². The third-order valence-corrected chi connectivity index (χ3v) is 6.94. The summed E-state index contributed by atoms with van der Waals surface area (Å²) in [5, 5.41) is 7.65. The number of hydrazone groups is 1. The molecule has 1 unspecified atom stereocenters. The Bertz CT molecular complexity index is 782. The predicted molar refractivity (Wildman–Crippen MR) is 118 cm³/mol. The molecule has 1 aliphatic rings. The van der Waals surface area contributed by atoms with Crippen molar-refractivity contribution < 1.29 is 8.42 Å². The van der Waals surface area contributed by atoms with E-state index < -0.39 is 10.0 Å². The smallest absolute Gasteiger partial charge is 0.277 e. The summed E-state index contributed by atoms with van der Waals surface area (Å²) in [5.41, 5.74) is 3.82. The van der Waals surface area contributed by atoms with Gasteiger partial charge in [0.05, 0.1) is 10.6 Å². The van der Waals surface area contributed by atoms with E-state index in [-0.39, 0.29) is 11.8 Å². The van der Waals surface area contributed by atoms with E-state index in [9.17, 15) is 8.42 Å². The van der Waals surface area contributed by atoms with Crippen molar-refractivity contribution in [1.82, 2.24) is 10.1 Å². The lowest BCUT2D eigenvalue weighted by Crippen LogP contribution is -2.38. The molecule has 0 spiro atoms. The molecule has 28 heavy (non-hydrogen) atoms. The Kier molecular flexibility index (Phi) is 7.68. The van der Waals surface area contributed by atoms with Crippen LogP contribution < -0.4 is 10.1 Å². The lowest BCUT2D eigenvalue weighted by Gasteiger charge is -2.25. The van der Waals surface area contributed by atoms with Crippen LogP contribution in [0.1, 0.15) is 95.8 Å². The number of rotatable bonds is 7. The zero-order valence-electron chi connectivity index (χ0n) is 18.5. The van der Waals surface area contributed by atoms with Crippen LogP contribution in [0.3, 0.4) is 0 Å². The predicted octanol–water partition coefficient (Wildman–Crippen LogP) is 4.71. The number of hydrogen-bond acceptors (Lipinski definition) is 4. The minimum absolute atomic E-state index is 0.107. The Morgan fingerprint density at radius 2 is 1.64 bits per heavy atom. The maximum Gasteiger partial charge on any atom is 0.277 e. The van der Waals surface area contributed by atoms with Gasteiger partial charge in [0.1, 0.15) is 0 Å². The van der Waals surface area contributed by atoms with Gasteiger partial charge < -0.3 is 5.32 Å². The first-order valence-corrected chi connectivity index (χ1v) is 12.0. The van der Waals surface area contributed by atoms with Crippen LogP contribution in [0.2, 0.25) is 0 Å². The number of nitrogens with zero attached hydrogens (tertiary/aromatic N) is 1. The quantitative estimate of drug-likeness (QED) is 0.643. The Hall–Kier alpha value is -1.40. The van der Waals surface area contributed by atoms with E-state index in [1.54, 1.807) is 0 Å². The lowest BCUT2D eigenvalue weighted by molar-refractivity contribution is 0.521. The molecule has 0 bridgehead atoms. The molecule has 1 aromatic carbocycles. The fourth-order valence-corrected chi connectivity index (χ4v) is 5.28. The zero-order chi connectivity index (χ0) is 21.1. The molecular weight excluding hydrogens is 370 g/mol. The summed E-state index contributed by atoms with van der Waals surface area (Å²) in [6.45, 7) is 16.2. The van der Waals surface area contributed by atoms with E-state index in [1.807, 2.05) is 27.7 Å². The molecule has 2 N–H and O–H groups in total. The summed E-state index contributed by atoms with van der Waals surface area (Å²) in [5.74, 6) is 0.894. The van der Waals surface area contributed by atoms with Gasteiger partial charge in [-0.3, -0.25) is 0 Å². The molecule has 1 aromatic rings. The standard InChI is InChI=1S/C22H37N3O2S/c1-8-17-9-10-23-13-21(17)24-25-28(26,27)22-19(15(4)5)11-18(14(2)3)12-20(22)16(6)7/h11-12,14-17,23,25H,8-10,13H2,1-7H3/b24-21+. The molecule has 1 atom stereocenters. The minimum Gasteiger partial charge on any atom is -0.311 e. The number of hydrogen-bond donors (Lipinski definition) is 2. The molecule has 1 fully saturated rings. The van der Waals surface area contributed by atoms with E-state index in [0.717, 1.165) is 36.2 Å². The Balaban J connectivity index is 2.54. The zero-order valence-corrected chi connectivity index (χ0v) is 19.3. The summed E-state index contributed by atoms with van der Waals surface area (Å²) in [4.78, 5) is 2.97.